The van der Waals surface area contributed by atoms with E-state index in [1.54, 1.807) is 25.3 Å². The first-order valence-electron chi connectivity index (χ1n) is 13.8. The van der Waals surface area contributed by atoms with Crippen LogP contribution in [0.4, 0.5) is 4.79 Å². The molecule has 3 aliphatic heterocycles. The molecule has 7 atom stereocenters. The van der Waals surface area contributed by atoms with Crippen LogP contribution in [0.15, 0.2) is 30.5 Å². The van der Waals surface area contributed by atoms with Crippen molar-refractivity contribution in [2.24, 2.45) is 11.8 Å². The van der Waals surface area contributed by atoms with Crippen LogP contribution in [0.3, 0.4) is 0 Å². The molecule has 1 N–H and O–H groups in total. The highest BCUT2D eigenvalue weighted by molar-refractivity contribution is 6.30. The molecule has 0 bridgehead atoms. The van der Waals surface area contributed by atoms with Crippen molar-refractivity contribution < 1.29 is 58.2 Å². The van der Waals surface area contributed by atoms with Crippen LogP contribution in [-0.2, 0) is 40.0 Å². The maximum atomic E-state index is 12.9. The number of carbonyl (C=O) groups is 2. The molecule has 2 fully saturated rings. The van der Waals surface area contributed by atoms with Crippen LogP contribution >= 0.6 is 11.6 Å². The average molecular weight is 654 g/mol. The van der Waals surface area contributed by atoms with Crippen LogP contribution in [0.25, 0.3) is 0 Å². The zero-order valence-electron chi connectivity index (χ0n) is 23.6. The minimum absolute atomic E-state index is 0.0635. The second-order valence-corrected chi connectivity index (χ2v) is 11.0. The first-order chi connectivity index (χ1) is 21.5. The molecule has 18 heteroatoms. The van der Waals surface area contributed by atoms with Gasteiger partial charge in [0.05, 0.1) is 37.5 Å². The van der Waals surface area contributed by atoms with Crippen LogP contribution < -0.4 is 4.74 Å². The highest BCUT2D eigenvalue weighted by atomic mass is 35.5. The summed E-state index contributed by atoms with van der Waals surface area (Å²) in [5, 5.41) is 29.5. The summed E-state index contributed by atoms with van der Waals surface area (Å²) in [6.45, 7) is 0.929. The van der Waals surface area contributed by atoms with E-state index in [0.29, 0.717) is 16.3 Å². The standard InChI is InChI=1S/C27H28ClN3O14/c1-13-22(20-11-39-23(18(20)8-29-13)14-2-4-15(28)5-3-14)44-27(34)43-21-12-41-24-19(10-40-25(21)24)17(26(32)33)7-6-16(45-31(37)38)9-42-30(35)36/h2-5,8,16-17,19,21,23-25H,6-7,9-12H2,1H3,(H,32,33)/t16?,17?,19-,21+,23-,24+,25-/m0/s1. The number of hydrogen-bond acceptors (Lipinski definition) is 14. The maximum absolute atomic E-state index is 12.9. The van der Waals surface area contributed by atoms with Gasteiger partial charge in [-0.15, -0.1) is 20.2 Å². The molecular weight excluding hydrogens is 626 g/mol. The summed E-state index contributed by atoms with van der Waals surface area (Å²) < 4.78 is 28.7. The fourth-order valence-electron chi connectivity index (χ4n) is 5.82. The normalized spacial score (nSPS) is 24.6. The Bertz CT molecular complexity index is 1440. The number of carboxylic acid groups (broad SMARTS) is 1. The maximum Gasteiger partial charge on any atom is 0.514 e. The number of ether oxygens (including phenoxy) is 5. The van der Waals surface area contributed by atoms with Gasteiger partial charge in [-0.2, -0.15) is 0 Å². The molecule has 3 aliphatic rings. The Labute approximate surface area is 259 Å². The van der Waals surface area contributed by atoms with Gasteiger partial charge in [-0.1, -0.05) is 23.7 Å². The topological polar surface area (TPSA) is 218 Å². The monoisotopic (exact) mass is 653 g/mol. The van der Waals surface area contributed by atoms with Crippen molar-refractivity contribution in [2.45, 2.75) is 56.9 Å². The molecule has 4 heterocycles. The number of carboxylic acids is 1. The zero-order valence-corrected chi connectivity index (χ0v) is 24.4. The minimum atomic E-state index is -1.37. The van der Waals surface area contributed by atoms with Gasteiger partial charge in [-0.05, 0) is 37.5 Å². The molecule has 0 saturated carbocycles. The zero-order chi connectivity index (χ0) is 32.2. The summed E-state index contributed by atoms with van der Waals surface area (Å²) >= 11 is 6.01. The molecule has 1 aromatic heterocycles. The first-order valence-corrected chi connectivity index (χ1v) is 14.2. The summed E-state index contributed by atoms with van der Waals surface area (Å²) in [5.74, 6) is -2.86. The van der Waals surface area contributed by atoms with Gasteiger partial charge in [0, 0.05) is 28.3 Å². The van der Waals surface area contributed by atoms with Crippen molar-refractivity contribution >= 4 is 23.7 Å². The number of aliphatic carboxylic acids is 1. The van der Waals surface area contributed by atoms with Crippen molar-refractivity contribution in [2.75, 3.05) is 19.8 Å². The molecule has 0 radical (unpaired) electrons. The Balaban J connectivity index is 1.21. The lowest BCUT2D eigenvalue weighted by molar-refractivity contribution is -0.790. The summed E-state index contributed by atoms with van der Waals surface area (Å²) in [4.78, 5) is 59.3. The van der Waals surface area contributed by atoms with Crippen molar-refractivity contribution in [3.63, 3.8) is 0 Å². The number of carbonyl (C=O) groups excluding carboxylic acids is 1. The summed E-state index contributed by atoms with van der Waals surface area (Å²) in [5.41, 5.74) is 2.66. The van der Waals surface area contributed by atoms with Crippen molar-refractivity contribution in [1.29, 1.82) is 0 Å². The number of rotatable bonds is 13. The van der Waals surface area contributed by atoms with E-state index in [2.05, 4.69) is 14.7 Å². The fourth-order valence-corrected chi connectivity index (χ4v) is 5.95. The van der Waals surface area contributed by atoms with Crippen LogP contribution in [-0.4, -0.2) is 76.6 Å². The van der Waals surface area contributed by atoms with E-state index in [4.69, 9.17) is 35.3 Å². The van der Waals surface area contributed by atoms with Crippen LogP contribution in [0.2, 0.25) is 5.02 Å². The van der Waals surface area contributed by atoms with Gasteiger partial charge in [0.15, 0.2) is 11.9 Å². The Morgan fingerprint density at radius 1 is 1.09 bits per heavy atom. The molecule has 45 heavy (non-hydrogen) atoms. The van der Waals surface area contributed by atoms with Crippen LogP contribution in [0, 0.1) is 39.0 Å². The second-order valence-electron chi connectivity index (χ2n) is 10.6. The third-order valence-corrected chi connectivity index (χ3v) is 8.16. The van der Waals surface area contributed by atoms with Gasteiger partial charge in [0.25, 0.3) is 10.2 Å². The SMILES string of the molecule is Cc1ncc2c(c1OC(=O)O[C@@H]1CO[C@H]3[C@H]1OC[C@H]3C(CCC(CO[N+](=O)[O-])O[N+](=O)[O-])C(=O)O)CO[C@H]2c1ccc(Cl)cc1. The van der Waals surface area contributed by atoms with Gasteiger partial charge in [-0.25, -0.2) is 4.79 Å². The number of pyridine rings is 1. The Morgan fingerprint density at radius 3 is 2.51 bits per heavy atom. The Kier molecular flexibility index (Phi) is 9.81. The van der Waals surface area contributed by atoms with Crippen LogP contribution in [0.1, 0.15) is 41.3 Å². The highest BCUT2D eigenvalue weighted by Gasteiger charge is 2.53. The van der Waals surface area contributed by atoms with E-state index in [9.17, 15) is 34.9 Å². The van der Waals surface area contributed by atoms with Gasteiger partial charge in [-0.3, -0.25) is 9.78 Å². The van der Waals surface area contributed by atoms with E-state index in [1.807, 2.05) is 12.1 Å². The van der Waals surface area contributed by atoms with Crippen molar-refractivity contribution in [3.8, 4) is 5.75 Å². The van der Waals surface area contributed by atoms with Gasteiger partial charge >= 0.3 is 12.1 Å². The highest BCUT2D eigenvalue weighted by Crippen LogP contribution is 2.42. The predicted molar refractivity (Wildman–Crippen MR) is 146 cm³/mol. The largest absolute Gasteiger partial charge is 0.514 e. The third kappa shape index (κ3) is 7.33. The van der Waals surface area contributed by atoms with Crippen molar-refractivity contribution in [1.82, 2.24) is 4.98 Å². The second kappa shape index (κ2) is 13.8. The van der Waals surface area contributed by atoms with Crippen LogP contribution in [0.5, 0.6) is 5.75 Å². The van der Waals surface area contributed by atoms with E-state index in [-0.39, 0.29) is 38.4 Å². The summed E-state index contributed by atoms with van der Waals surface area (Å²) in [6, 6.07) is 7.16. The quantitative estimate of drug-likeness (QED) is 0.186. The first kappa shape index (κ1) is 32.1. The lowest BCUT2D eigenvalue weighted by Gasteiger charge is -2.24. The lowest BCUT2D eigenvalue weighted by atomic mass is 9.84. The number of hydrogen-bond donors (Lipinski definition) is 1. The van der Waals surface area contributed by atoms with E-state index in [0.717, 1.165) is 11.1 Å². The molecule has 17 nitrogen and oxygen atoms in total. The number of nitrogens with zero attached hydrogens (tertiary/aromatic N) is 3. The number of benzene rings is 1. The Morgan fingerprint density at radius 2 is 1.82 bits per heavy atom. The third-order valence-electron chi connectivity index (χ3n) is 7.91. The molecule has 242 valence electrons. The fraction of sp³-hybridized carbons (Fsp3) is 0.519. The molecule has 0 aliphatic carbocycles. The van der Waals surface area contributed by atoms with Gasteiger partial charge in [0.1, 0.15) is 24.9 Å². The van der Waals surface area contributed by atoms with Gasteiger partial charge in [0.2, 0.25) is 0 Å². The number of fused-ring (bicyclic) bond motifs is 2. The lowest BCUT2D eigenvalue weighted by Crippen LogP contribution is -2.37. The minimum Gasteiger partial charge on any atom is -0.481 e. The molecule has 2 saturated heterocycles. The summed E-state index contributed by atoms with van der Waals surface area (Å²) in [6.07, 6.45) is -4.05. The number of aromatic nitrogens is 1. The molecule has 2 unspecified atom stereocenters. The molecule has 0 spiro atoms. The molecule has 1 aromatic carbocycles. The molecule has 5 rings (SSSR count). The van der Waals surface area contributed by atoms with Gasteiger partial charge < -0.3 is 38.5 Å². The average Bonchev–Trinajstić information content (AvgIpc) is 3.70. The number of aryl methyl sites for hydroxylation is 1. The van der Waals surface area contributed by atoms with E-state index < -0.39 is 71.3 Å². The van der Waals surface area contributed by atoms with Crippen molar-refractivity contribution in [3.05, 3.63) is 78.1 Å². The number of halogens is 1. The molecule has 2 aromatic rings. The smallest absolute Gasteiger partial charge is 0.481 e. The molecule has 0 amide bonds. The molecular formula is C27H28ClN3O14. The summed E-state index contributed by atoms with van der Waals surface area (Å²) in [7, 11) is 0. The van der Waals surface area contributed by atoms with E-state index >= 15 is 0 Å². The van der Waals surface area contributed by atoms with E-state index in [1.165, 1.54) is 0 Å². The predicted octanol–water partition coefficient (Wildman–Crippen LogP) is 3.23. The Hall–Kier alpha value is -4.32.